The SMILES string of the molecule is CCCN(C(=O)c1cc(-c2cc(C)oc2C)nc2onc(C)c12)C1CCS(=O)(=O)C1. The maximum atomic E-state index is 13.7. The third-order valence-electron chi connectivity index (χ3n) is 5.54. The molecule has 1 amide bonds. The molecule has 0 radical (unpaired) electrons. The molecule has 1 aliphatic rings. The maximum absolute atomic E-state index is 13.7. The number of carbonyl (C=O) groups is 1. The van der Waals surface area contributed by atoms with Gasteiger partial charge in [-0.15, -0.1) is 0 Å². The summed E-state index contributed by atoms with van der Waals surface area (Å²) in [6.07, 6.45) is 1.18. The molecule has 0 aromatic carbocycles. The van der Waals surface area contributed by atoms with Gasteiger partial charge in [-0.3, -0.25) is 4.79 Å². The highest BCUT2D eigenvalue weighted by molar-refractivity contribution is 7.91. The van der Waals surface area contributed by atoms with Gasteiger partial charge in [0, 0.05) is 18.2 Å². The Bertz CT molecular complexity index is 1220. The largest absolute Gasteiger partial charge is 0.466 e. The smallest absolute Gasteiger partial charge is 0.259 e. The Balaban J connectivity index is 1.84. The lowest BCUT2D eigenvalue weighted by Gasteiger charge is -2.28. The number of fused-ring (bicyclic) bond motifs is 1. The van der Waals surface area contributed by atoms with E-state index in [1.807, 2.05) is 26.8 Å². The number of amides is 1. The summed E-state index contributed by atoms with van der Waals surface area (Å²) in [5, 5.41) is 4.56. The van der Waals surface area contributed by atoms with Crippen molar-refractivity contribution in [3.63, 3.8) is 0 Å². The number of carbonyl (C=O) groups excluding carboxylic acids is 1. The standard InChI is InChI=1S/C21H25N3O5S/c1-5-7-24(15-6-8-30(26,27)11-15)21(25)17-10-18(16-9-12(2)28-14(16)4)22-20-19(17)13(3)23-29-20/h9-10,15H,5-8,11H2,1-4H3. The van der Waals surface area contributed by atoms with Gasteiger partial charge in [-0.1, -0.05) is 12.1 Å². The van der Waals surface area contributed by atoms with Crippen molar-refractivity contribution in [1.82, 2.24) is 15.0 Å². The number of aromatic nitrogens is 2. The molecule has 0 saturated carbocycles. The molecule has 160 valence electrons. The van der Waals surface area contributed by atoms with Gasteiger partial charge in [-0.05, 0) is 45.7 Å². The van der Waals surface area contributed by atoms with E-state index in [1.165, 1.54) is 0 Å². The number of sulfone groups is 1. The van der Waals surface area contributed by atoms with Crippen LogP contribution in [-0.4, -0.2) is 53.5 Å². The molecule has 9 heteroatoms. The highest BCUT2D eigenvalue weighted by Crippen LogP contribution is 2.32. The third kappa shape index (κ3) is 3.62. The van der Waals surface area contributed by atoms with Crippen LogP contribution in [0.3, 0.4) is 0 Å². The lowest BCUT2D eigenvalue weighted by atomic mass is 10.0. The van der Waals surface area contributed by atoms with Crippen LogP contribution in [0.5, 0.6) is 0 Å². The monoisotopic (exact) mass is 431 g/mol. The first kappa shape index (κ1) is 20.6. The van der Waals surface area contributed by atoms with Crippen molar-refractivity contribution >= 4 is 26.8 Å². The normalized spacial score (nSPS) is 18.2. The van der Waals surface area contributed by atoms with Gasteiger partial charge in [0.2, 0.25) is 0 Å². The lowest BCUT2D eigenvalue weighted by Crippen LogP contribution is -2.41. The van der Waals surface area contributed by atoms with Crippen LogP contribution >= 0.6 is 0 Å². The molecule has 0 bridgehead atoms. The van der Waals surface area contributed by atoms with Gasteiger partial charge in [0.1, 0.15) is 11.5 Å². The lowest BCUT2D eigenvalue weighted by molar-refractivity contribution is 0.0699. The Kier molecular flexibility index (Phi) is 5.17. The predicted molar refractivity (Wildman–Crippen MR) is 112 cm³/mol. The Morgan fingerprint density at radius 2 is 2.03 bits per heavy atom. The molecule has 1 unspecified atom stereocenters. The zero-order valence-corrected chi connectivity index (χ0v) is 18.4. The summed E-state index contributed by atoms with van der Waals surface area (Å²) >= 11 is 0. The Morgan fingerprint density at radius 1 is 1.27 bits per heavy atom. The Hall–Kier alpha value is -2.68. The van der Waals surface area contributed by atoms with E-state index in [-0.39, 0.29) is 29.2 Å². The summed E-state index contributed by atoms with van der Waals surface area (Å²) in [7, 11) is -3.12. The maximum Gasteiger partial charge on any atom is 0.259 e. The van der Waals surface area contributed by atoms with Crippen LogP contribution in [0.25, 0.3) is 22.4 Å². The molecule has 0 aliphatic carbocycles. The zero-order chi connectivity index (χ0) is 21.6. The van der Waals surface area contributed by atoms with E-state index in [0.717, 1.165) is 17.7 Å². The molecule has 4 rings (SSSR count). The fraction of sp³-hybridized carbons (Fsp3) is 0.476. The van der Waals surface area contributed by atoms with Gasteiger partial charge < -0.3 is 13.8 Å². The Labute approximate surface area is 175 Å². The van der Waals surface area contributed by atoms with Crippen molar-refractivity contribution in [2.75, 3.05) is 18.1 Å². The zero-order valence-electron chi connectivity index (χ0n) is 17.6. The van der Waals surface area contributed by atoms with E-state index in [4.69, 9.17) is 8.94 Å². The minimum Gasteiger partial charge on any atom is -0.466 e. The summed E-state index contributed by atoms with van der Waals surface area (Å²) in [4.78, 5) is 19.9. The molecule has 1 aliphatic heterocycles. The second-order valence-electron chi connectivity index (χ2n) is 7.89. The van der Waals surface area contributed by atoms with Crippen LogP contribution in [0, 0.1) is 20.8 Å². The molecule has 3 aromatic rings. The first-order valence-electron chi connectivity index (χ1n) is 10.1. The minimum atomic E-state index is -3.12. The summed E-state index contributed by atoms with van der Waals surface area (Å²) < 4.78 is 35.1. The van der Waals surface area contributed by atoms with Crippen LogP contribution in [-0.2, 0) is 9.84 Å². The molecular formula is C21H25N3O5S. The minimum absolute atomic E-state index is 0.00246. The molecule has 4 heterocycles. The average Bonchev–Trinajstić information content (AvgIpc) is 3.35. The summed E-state index contributed by atoms with van der Waals surface area (Å²) in [5.74, 6) is 1.33. The van der Waals surface area contributed by atoms with Gasteiger partial charge in [0.25, 0.3) is 11.6 Å². The quantitative estimate of drug-likeness (QED) is 0.609. The second kappa shape index (κ2) is 7.54. The molecule has 1 fully saturated rings. The molecular weight excluding hydrogens is 406 g/mol. The van der Waals surface area contributed by atoms with E-state index < -0.39 is 9.84 Å². The van der Waals surface area contributed by atoms with Crippen molar-refractivity contribution in [2.24, 2.45) is 0 Å². The number of rotatable bonds is 5. The molecule has 1 saturated heterocycles. The number of hydrogen-bond acceptors (Lipinski definition) is 7. The predicted octanol–water partition coefficient (Wildman–Crippen LogP) is 3.45. The van der Waals surface area contributed by atoms with Gasteiger partial charge >= 0.3 is 0 Å². The molecule has 0 N–H and O–H groups in total. The van der Waals surface area contributed by atoms with E-state index in [2.05, 4.69) is 10.1 Å². The van der Waals surface area contributed by atoms with Gasteiger partial charge in [0.15, 0.2) is 9.84 Å². The molecule has 1 atom stereocenters. The third-order valence-corrected chi connectivity index (χ3v) is 7.29. The molecule has 8 nitrogen and oxygen atoms in total. The number of aryl methyl sites for hydroxylation is 3. The highest BCUT2D eigenvalue weighted by atomic mass is 32.2. The topological polar surface area (TPSA) is 107 Å². The van der Waals surface area contributed by atoms with Crippen molar-refractivity contribution in [3.05, 3.63) is 34.9 Å². The Morgan fingerprint density at radius 3 is 2.63 bits per heavy atom. The number of furan rings is 1. The first-order chi connectivity index (χ1) is 14.2. The summed E-state index contributed by atoms with van der Waals surface area (Å²) in [5.41, 5.74) is 2.62. The van der Waals surface area contributed by atoms with Crippen molar-refractivity contribution in [3.8, 4) is 11.3 Å². The van der Waals surface area contributed by atoms with Gasteiger partial charge in [0.05, 0.1) is 33.8 Å². The van der Waals surface area contributed by atoms with E-state index in [1.54, 1.807) is 17.9 Å². The summed E-state index contributed by atoms with van der Waals surface area (Å²) in [6.45, 7) is 7.91. The van der Waals surface area contributed by atoms with Crippen LogP contribution in [0.4, 0.5) is 0 Å². The van der Waals surface area contributed by atoms with E-state index in [0.29, 0.717) is 41.1 Å². The van der Waals surface area contributed by atoms with Crippen molar-refractivity contribution < 1.29 is 22.2 Å². The van der Waals surface area contributed by atoms with Crippen LogP contribution in [0.2, 0.25) is 0 Å². The average molecular weight is 432 g/mol. The van der Waals surface area contributed by atoms with Crippen molar-refractivity contribution in [2.45, 2.75) is 46.6 Å². The van der Waals surface area contributed by atoms with Crippen LogP contribution in [0.1, 0.15) is 47.3 Å². The van der Waals surface area contributed by atoms with E-state index in [9.17, 15) is 13.2 Å². The molecule has 30 heavy (non-hydrogen) atoms. The number of pyridine rings is 1. The van der Waals surface area contributed by atoms with E-state index >= 15 is 0 Å². The van der Waals surface area contributed by atoms with Crippen LogP contribution < -0.4 is 0 Å². The molecule has 3 aromatic heterocycles. The fourth-order valence-corrected chi connectivity index (χ4v) is 5.88. The van der Waals surface area contributed by atoms with Crippen LogP contribution in [0.15, 0.2) is 21.1 Å². The molecule has 0 spiro atoms. The van der Waals surface area contributed by atoms with Gasteiger partial charge in [-0.2, -0.15) is 0 Å². The number of hydrogen-bond donors (Lipinski definition) is 0. The summed E-state index contributed by atoms with van der Waals surface area (Å²) in [6, 6.07) is 3.28. The van der Waals surface area contributed by atoms with Crippen molar-refractivity contribution in [1.29, 1.82) is 0 Å². The van der Waals surface area contributed by atoms with Gasteiger partial charge in [-0.25, -0.2) is 13.4 Å². The number of nitrogens with zero attached hydrogens (tertiary/aromatic N) is 3. The first-order valence-corrected chi connectivity index (χ1v) is 11.9. The fourth-order valence-electron chi connectivity index (χ4n) is 4.15. The highest BCUT2D eigenvalue weighted by Gasteiger charge is 2.35. The second-order valence-corrected chi connectivity index (χ2v) is 10.1.